The molecule has 0 spiro atoms. The third-order valence-corrected chi connectivity index (χ3v) is 4.93. The van der Waals surface area contributed by atoms with Gasteiger partial charge in [0.05, 0.1) is 11.4 Å². The van der Waals surface area contributed by atoms with Gasteiger partial charge in [-0.15, -0.1) is 24.0 Å². The molecule has 1 aromatic carbocycles. The minimum Gasteiger partial charge on any atom is -0.487 e. The molecule has 2 heterocycles. The normalized spacial score (nSPS) is 11.2. The van der Waals surface area contributed by atoms with Crippen LogP contribution < -0.4 is 10.1 Å². The molecule has 7 nitrogen and oxygen atoms in total. The highest BCUT2D eigenvalue weighted by Gasteiger charge is 2.15. The molecular weight excluding hydrogens is 515 g/mol. The van der Waals surface area contributed by atoms with Crippen LogP contribution in [0.5, 0.6) is 5.75 Å². The molecule has 0 fully saturated rings. The van der Waals surface area contributed by atoms with Crippen LogP contribution in [0.3, 0.4) is 0 Å². The molecule has 0 aliphatic rings. The predicted molar refractivity (Wildman–Crippen MR) is 139 cm³/mol. The van der Waals surface area contributed by atoms with Crippen LogP contribution in [-0.4, -0.2) is 39.7 Å². The first kappa shape index (κ1) is 25.6. The molecule has 0 radical (unpaired) electrons. The maximum atomic E-state index is 5.89. The summed E-state index contributed by atoms with van der Waals surface area (Å²) in [4.78, 5) is 10.9. The largest absolute Gasteiger partial charge is 0.487 e. The number of hydrogen-bond donors (Lipinski definition) is 1. The summed E-state index contributed by atoms with van der Waals surface area (Å²) in [6.45, 7) is 6.19. The first-order valence-electron chi connectivity index (χ1n) is 10.5. The van der Waals surface area contributed by atoms with E-state index < -0.39 is 0 Å². The Hall–Kier alpha value is -2.62. The lowest BCUT2D eigenvalue weighted by atomic mass is 10.1. The fraction of sp³-hybridized carbons (Fsp3) is 0.375. The molecule has 0 unspecified atom stereocenters. The molecule has 0 amide bonds. The summed E-state index contributed by atoms with van der Waals surface area (Å²) in [6.07, 6.45) is 3.86. The van der Waals surface area contributed by atoms with Crippen LogP contribution >= 0.6 is 24.0 Å². The minimum atomic E-state index is 0. The number of aliphatic imine (C=N–C) groups is 1. The number of hydrogen-bond acceptors (Lipinski definition) is 4. The van der Waals surface area contributed by atoms with Gasteiger partial charge >= 0.3 is 0 Å². The second kappa shape index (κ2) is 12.4. The summed E-state index contributed by atoms with van der Waals surface area (Å²) in [5, 5.41) is 8.05. The fourth-order valence-corrected chi connectivity index (χ4v) is 3.45. The van der Waals surface area contributed by atoms with E-state index in [4.69, 9.17) is 4.74 Å². The molecule has 32 heavy (non-hydrogen) atoms. The lowest BCUT2D eigenvalue weighted by Gasteiger charge is -2.22. The van der Waals surface area contributed by atoms with E-state index in [0.29, 0.717) is 19.1 Å². The monoisotopic (exact) mass is 548 g/mol. The maximum Gasteiger partial charge on any atom is 0.193 e. The minimum absolute atomic E-state index is 0. The zero-order valence-electron chi connectivity index (χ0n) is 19.4. The van der Waals surface area contributed by atoms with Crippen molar-refractivity contribution in [2.75, 3.05) is 14.1 Å². The van der Waals surface area contributed by atoms with Crippen molar-refractivity contribution in [3.63, 3.8) is 0 Å². The Balaban J connectivity index is 0.00000363. The first-order chi connectivity index (χ1) is 15.0. The Morgan fingerprint density at radius 2 is 2.03 bits per heavy atom. The second-order valence-electron chi connectivity index (χ2n) is 7.88. The molecule has 8 heteroatoms. The van der Waals surface area contributed by atoms with Crippen LogP contribution in [0.4, 0.5) is 0 Å². The number of nitrogens with one attached hydrogen (secondary N) is 1. The van der Waals surface area contributed by atoms with Gasteiger partial charge in [0, 0.05) is 52.2 Å². The van der Waals surface area contributed by atoms with E-state index in [0.717, 1.165) is 35.2 Å². The van der Waals surface area contributed by atoms with Crippen molar-refractivity contribution in [2.45, 2.75) is 39.5 Å². The molecule has 2 aromatic heterocycles. The van der Waals surface area contributed by atoms with Crippen molar-refractivity contribution in [2.24, 2.45) is 12.0 Å². The Bertz CT molecular complexity index is 1000. The maximum absolute atomic E-state index is 5.89. The molecule has 0 aliphatic heterocycles. The van der Waals surface area contributed by atoms with E-state index in [2.05, 4.69) is 51.4 Å². The van der Waals surface area contributed by atoms with Gasteiger partial charge in [-0.25, -0.2) is 0 Å². The van der Waals surface area contributed by atoms with E-state index in [1.165, 1.54) is 5.56 Å². The average molecular weight is 548 g/mol. The first-order valence-corrected chi connectivity index (χ1v) is 10.5. The number of nitrogens with zero attached hydrogens (tertiary/aromatic N) is 5. The summed E-state index contributed by atoms with van der Waals surface area (Å²) in [5.74, 6) is 2.04. The highest BCUT2D eigenvalue weighted by atomic mass is 127. The molecule has 3 rings (SSSR count). The number of rotatable bonds is 8. The van der Waals surface area contributed by atoms with Crippen molar-refractivity contribution in [3.8, 4) is 5.75 Å². The van der Waals surface area contributed by atoms with Gasteiger partial charge in [0.1, 0.15) is 12.4 Å². The smallest absolute Gasteiger partial charge is 0.193 e. The van der Waals surface area contributed by atoms with Gasteiger partial charge in [-0.1, -0.05) is 32.0 Å². The molecule has 0 saturated carbocycles. The molecule has 3 aromatic rings. The molecular formula is C24H33IN6O. The SMILES string of the molecule is CN=C(NCc1cccc(OCc2ccccn2)c1)N(C)Cc1cn(C)nc1C(C)C.I. The summed E-state index contributed by atoms with van der Waals surface area (Å²) in [7, 11) is 5.81. The average Bonchev–Trinajstić information content (AvgIpc) is 3.14. The van der Waals surface area contributed by atoms with Crippen LogP contribution in [0.2, 0.25) is 0 Å². The molecule has 0 atom stereocenters. The number of aryl methyl sites for hydroxylation is 1. The fourth-order valence-electron chi connectivity index (χ4n) is 3.45. The Morgan fingerprint density at radius 1 is 1.22 bits per heavy atom. The number of pyridine rings is 1. The zero-order valence-corrected chi connectivity index (χ0v) is 21.8. The van der Waals surface area contributed by atoms with Gasteiger partial charge in [0.25, 0.3) is 0 Å². The standard InChI is InChI=1S/C24H32N6O.HI/c1-18(2)23-20(16-30(5)28-23)15-29(4)24(25-3)27-14-19-9-8-11-22(13-19)31-17-21-10-6-7-12-26-21;/h6-13,16,18H,14-15,17H2,1-5H3,(H,25,27);1H. The third-order valence-electron chi connectivity index (χ3n) is 4.93. The zero-order chi connectivity index (χ0) is 22.2. The number of halogens is 1. The Kier molecular flexibility index (Phi) is 9.96. The quantitative estimate of drug-likeness (QED) is 0.258. The lowest BCUT2D eigenvalue weighted by molar-refractivity contribution is 0.301. The number of ether oxygens (including phenoxy) is 1. The van der Waals surface area contributed by atoms with E-state index >= 15 is 0 Å². The second-order valence-corrected chi connectivity index (χ2v) is 7.88. The van der Waals surface area contributed by atoms with Gasteiger partial charge in [-0.3, -0.25) is 14.7 Å². The summed E-state index contributed by atoms with van der Waals surface area (Å²) >= 11 is 0. The summed E-state index contributed by atoms with van der Waals surface area (Å²) in [5.41, 5.74) is 4.37. The highest BCUT2D eigenvalue weighted by Crippen LogP contribution is 2.19. The number of aromatic nitrogens is 3. The van der Waals surface area contributed by atoms with E-state index in [-0.39, 0.29) is 24.0 Å². The van der Waals surface area contributed by atoms with E-state index in [1.807, 2.05) is 55.2 Å². The van der Waals surface area contributed by atoms with Crippen molar-refractivity contribution in [1.82, 2.24) is 25.0 Å². The molecule has 172 valence electrons. The van der Waals surface area contributed by atoms with Crippen LogP contribution in [0.15, 0.2) is 59.9 Å². The molecule has 1 N–H and O–H groups in total. The van der Waals surface area contributed by atoms with Crippen LogP contribution in [0.1, 0.15) is 42.3 Å². The van der Waals surface area contributed by atoms with Crippen molar-refractivity contribution in [3.05, 3.63) is 77.4 Å². The summed E-state index contributed by atoms with van der Waals surface area (Å²) < 4.78 is 7.77. The topological polar surface area (TPSA) is 67.6 Å². The molecule has 0 bridgehead atoms. The van der Waals surface area contributed by atoms with Gasteiger partial charge < -0.3 is 15.0 Å². The van der Waals surface area contributed by atoms with Crippen LogP contribution in [0, 0.1) is 0 Å². The third kappa shape index (κ3) is 7.22. The number of guanidine groups is 1. The van der Waals surface area contributed by atoms with E-state index in [9.17, 15) is 0 Å². The van der Waals surface area contributed by atoms with E-state index in [1.54, 1.807) is 13.2 Å². The van der Waals surface area contributed by atoms with Crippen molar-refractivity contribution >= 4 is 29.9 Å². The predicted octanol–water partition coefficient (Wildman–Crippen LogP) is 4.34. The van der Waals surface area contributed by atoms with Gasteiger partial charge in [0.15, 0.2) is 5.96 Å². The highest BCUT2D eigenvalue weighted by molar-refractivity contribution is 14.0. The molecule has 0 saturated heterocycles. The van der Waals surface area contributed by atoms with Crippen molar-refractivity contribution in [1.29, 1.82) is 0 Å². The van der Waals surface area contributed by atoms with Crippen LogP contribution in [0.25, 0.3) is 0 Å². The lowest BCUT2D eigenvalue weighted by Crippen LogP contribution is -2.38. The Morgan fingerprint density at radius 3 is 2.72 bits per heavy atom. The Labute approximate surface area is 207 Å². The number of benzene rings is 1. The van der Waals surface area contributed by atoms with Gasteiger partial charge in [0.2, 0.25) is 0 Å². The van der Waals surface area contributed by atoms with Crippen molar-refractivity contribution < 1.29 is 4.74 Å². The molecule has 0 aliphatic carbocycles. The van der Waals surface area contributed by atoms with Crippen LogP contribution in [-0.2, 0) is 26.7 Å². The van der Waals surface area contributed by atoms with Gasteiger partial charge in [-0.05, 0) is 35.7 Å². The van der Waals surface area contributed by atoms with Gasteiger partial charge in [-0.2, -0.15) is 5.10 Å². The summed E-state index contributed by atoms with van der Waals surface area (Å²) in [6, 6.07) is 13.9.